The Hall–Kier alpha value is -2.95. The number of nitro benzene ring substituents is 1. The van der Waals surface area contributed by atoms with Crippen LogP contribution >= 0.6 is 0 Å². The van der Waals surface area contributed by atoms with Crippen LogP contribution in [0.5, 0.6) is 0 Å². The Labute approximate surface area is 145 Å². The molecule has 1 aliphatic carbocycles. The summed E-state index contributed by atoms with van der Waals surface area (Å²) in [5, 5.41) is 14.5. The van der Waals surface area contributed by atoms with Gasteiger partial charge < -0.3 is 5.32 Å². The molecule has 5 nitrogen and oxygen atoms in total. The highest BCUT2D eigenvalue weighted by molar-refractivity contribution is 6.02. The Balaban J connectivity index is 1.76. The Morgan fingerprint density at radius 2 is 1.96 bits per heavy atom. The standard InChI is InChI=1S/C20H18N2O3/c23-20(13-6-2-1-3-7-13)19-16-9-5-4-8-15(16)17-12-14(22(24)25)10-11-18(17)21-19/h1-4,6-8,10-12,15-16,19,21H,5,9H2/t15-,16+,19+/m1/s1. The maximum Gasteiger partial charge on any atom is 0.269 e. The molecule has 0 saturated carbocycles. The van der Waals surface area contributed by atoms with Gasteiger partial charge in [0.15, 0.2) is 5.78 Å². The SMILES string of the molecule is O=C(c1ccccc1)[C@H]1Nc2ccc([N+](=O)[O-])cc2[C@@H]2C=CCC[C@H]12. The van der Waals surface area contributed by atoms with Crippen LogP contribution in [0.4, 0.5) is 11.4 Å². The Morgan fingerprint density at radius 3 is 2.72 bits per heavy atom. The van der Waals surface area contributed by atoms with E-state index >= 15 is 0 Å². The first-order valence-electron chi connectivity index (χ1n) is 8.46. The third-order valence-electron chi connectivity index (χ3n) is 5.16. The van der Waals surface area contributed by atoms with Crippen molar-refractivity contribution in [3.05, 3.63) is 81.9 Å². The van der Waals surface area contributed by atoms with E-state index < -0.39 is 0 Å². The Kier molecular flexibility index (Phi) is 3.84. The molecule has 2 aliphatic rings. The number of allylic oxidation sites excluding steroid dienone is 2. The first-order valence-corrected chi connectivity index (χ1v) is 8.46. The van der Waals surface area contributed by atoms with Crippen molar-refractivity contribution in [1.29, 1.82) is 0 Å². The number of nitro groups is 1. The molecule has 0 unspecified atom stereocenters. The molecule has 2 aromatic rings. The van der Waals surface area contributed by atoms with Crippen molar-refractivity contribution in [3.63, 3.8) is 0 Å². The number of anilines is 1. The minimum absolute atomic E-state index is 0.0302. The van der Waals surface area contributed by atoms with Gasteiger partial charge in [0.25, 0.3) is 5.69 Å². The predicted octanol–water partition coefficient (Wildman–Crippen LogP) is 4.32. The van der Waals surface area contributed by atoms with Crippen molar-refractivity contribution in [3.8, 4) is 0 Å². The molecule has 1 aliphatic heterocycles. The van der Waals surface area contributed by atoms with Gasteiger partial charge in [-0.25, -0.2) is 0 Å². The number of ketones is 1. The number of nitrogens with one attached hydrogen (secondary N) is 1. The van der Waals surface area contributed by atoms with Crippen molar-refractivity contribution in [2.24, 2.45) is 5.92 Å². The van der Waals surface area contributed by atoms with Crippen LogP contribution in [0.1, 0.15) is 34.7 Å². The zero-order valence-corrected chi connectivity index (χ0v) is 13.6. The van der Waals surface area contributed by atoms with Gasteiger partial charge in [-0.2, -0.15) is 0 Å². The fourth-order valence-corrected chi connectivity index (χ4v) is 3.95. The van der Waals surface area contributed by atoms with Crippen LogP contribution in [0.25, 0.3) is 0 Å². The molecule has 0 saturated heterocycles. The summed E-state index contributed by atoms with van der Waals surface area (Å²) in [6.07, 6.45) is 6.02. The second-order valence-corrected chi connectivity index (χ2v) is 6.58. The quantitative estimate of drug-likeness (QED) is 0.393. The highest BCUT2D eigenvalue weighted by atomic mass is 16.6. The van der Waals surface area contributed by atoms with Gasteiger partial charge in [0.1, 0.15) is 0 Å². The van der Waals surface area contributed by atoms with Crippen LogP contribution in [-0.4, -0.2) is 16.7 Å². The van der Waals surface area contributed by atoms with Gasteiger partial charge >= 0.3 is 0 Å². The summed E-state index contributed by atoms with van der Waals surface area (Å²) in [5.74, 6) is 0.213. The van der Waals surface area contributed by atoms with E-state index in [0.717, 1.165) is 24.1 Å². The van der Waals surface area contributed by atoms with E-state index in [1.54, 1.807) is 12.1 Å². The molecule has 1 heterocycles. The van der Waals surface area contributed by atoms with Crippen molar-refractivity contribution in [1.82, 2.24) is 0 Å². The number of carbonyl (C=O) groups is 1. The zero-order chi connectivity index (χ0) is 17.4. The van der Waals surface area contributed by atoms with Crippen molar-refractivity contribution >= 4 is 17.2 Å². The maximum absolute atomic E-state index is 13.0. The molecule has 25 heavy (non-hydrogen) atoms. The highest BCUT2D eigenvalue weighted by Crippen LogP contribution is 2.45. The molecule has 0 bridgehead atoms. The van der Waals surface area contributed by atoms with E-state index in [0.29, 0.717) is 5.56 Å². The van der Waals surface area contributed by atoms with Crippen LogP contribution in [0, 0.1) is 16.0 Å². The average molecular weight is 334 g/mol. The molecule has 1 N–H and O–H groups in total. The fourth-order valence-electron chi connectivity index (χ4n) is 3.95. The van der Waals surface area contributed by atoms with Crippen LogP contribution in [0.2, 0.25) is 0 Å². The lowest BCUT2D eigenvalue weighted by molar-refractivity contribution is -0.384. The summed E-state index contributed by atoms with van der Waals surface area (Å²) in [7, 11) is 0. The number of hydrogen-bond donors (Lipinski definition) is 1. The van der Waals surface area contributed by atoms with E-state index in [9.17, 15) is 14.9 Å². The molecule has 0 fully saturated rings. The minimum Gasteiger partial charge on any atom is -0.374 e. The molecule has 0 aromatic heterocycles. The van der Waals surface area contributed by atoms with Crippen molar-refractivity contribution < 1.29 is 9.72 Å². The van der Waals surface area contributed by atoms with Crippen molar-refractivity contribution in [2.75, 3.05) is 5.32 Å². The molecular weight excluding hydrogens is 316 g/mol. The van der Waals surface area contributed by atoms with Gasteiger partial charge in [0.05, 0.1) is 11.0 Å². The van der Waals surface area contributed by atoms with Crippen LogP contribution < -0.4 is 5.32 Å². The first kappa shape index (κ1) is 15.6. The smallest absolute Gasteiger partial charge is 0.269 e. The van der Waals surface area contributed by atoms with E-state index in [2.05, 4.69) is 17.5 Å². The number of non-ortho nitro benzene ring substituents is 1. The van der Waals surface area contributed by atoms with Gasteiger partial charge in [0, 0.05) is 29.3 Å². The summed E-state index contributed by atoms with van der Waals surface area (Å²) >= 11 is 0. The molecule has 2 aromatic carbocycles. The minimum atomic E-state index is -0.372. The monoisotopic (exact) mass is 334 g/mol. The largest absolute Gasteiger partial charge is 0.374 e. The van der Waals surface area contributed by atoms with Crippen LogP contribution in [-0.2, 0) is 0 Å². The molecule has 0 amide bonds. The predicted molar refractivity (Wildman–Crippen MR) is 95.9 cm³/mol. The van der Waals surface area contributed by atoms with Gasteiger partial charge in [-0.3, -0.25) is 14.9 Å². The number of fused-ring (bicyclic) bond motifs is 3. The Bertz CT molecular complexity index is 860. The molecular formula is C20H18N2O3. The third kappa shape index (κ3) is 2.71. The first-order chi connectivity index (χ1) is 12.1. The lowest BCUT2D eigenvalue weighted by atomic mass is 9.71. The number of Topliss-reactive ketones (excluding diaryl/α,β-unsaturated/α-hetero) is 1. The second kappa shape index (κ2) is 6.16. The summed E-state index contributed by atoms with van der Waals surface area (Å²) in [6.45, 7) is 0. The van der Waals surface area contributed by atoms with Gasteiger partial charge in [-0.05, 0) is 30.4 Å². The molecule has 3 atom stereocenters. The molecule has 4 rings (SSSR count). The van der Waals surface area contributed by atoms with Gasteiger partial charge in [0.2, 0.25) is 0 Å². The maximum atomic E-state index is 13.0. The lowest BCUT2D eigenvalue weighted by Crippen LogP contribution is -2.44. The van der Waals surface area contributed by atoms with Gasteiger partial charge in [-0.15, -0.1) is 0 Å². The summed E-state index contributed by atoms with van der Waals surface area (Å²) < 4.78 is 0. The van der Waals surface area contributed by atoms with Crippen molar-refractivity contribution in [2.45, 2.75) is 24.8 Å². The normalized spacial score (nSPS) is 23.9. The van der Waals surface area contributed by atoms with E-state index in [1.807, 2.05) is 30.3 Å². The van der Waals surface area contributed by atoms with E-state index in [4.69, 9.17) is 0 Å². The summed E-state index contributed by atoms with van der Waals surface area (Å²) in [5.41, 5.74) is 2.50. The highest BCUT2D eigenvalue weighted by Gasteiger charge is 2.40. The molecule has 5 heteroatoms. The fraction of sp³-hybridized carbons (Fsp3) is 0.250. The number of nitrogens with zero attached hydrogens (tertiary/aromatic N) is 1. The van der Waals surface area contributed by atoms with Crippen LogP contribution in [0.3, 0.4) is 0 Å². The Morgan fingerprint density at radius 1 is 1.16 bits per heavy atom. The number of rotatable bonds is 3. The third-order valence-corrected chi connectivity index (χ3v) is 5.16. The second-order valence-electron chi connectivity index (χ2n) is 6.58. The summed E-state index contributed by atoms with van der Waals surface area (Å²) in [6, 6.07) is 13.8. The lowest BCUT2D eigenvalue weighted by Gasteiger charge is -2.40. The topological polar surface area (TPSA) is 72.2 Å². The molecule has 126 valence electrons. The van der Waals surface area contributed by atoms with E-state index in [-0.39, 0.29) is 34.3 Å². The molecule has 0 radical (unpaired) electrons. The average Bonchev–Trinajstić information content (AvgIpc) is 2.67. The van der Waals surface area contributed by atoms with E-state index in [1.165, 1.54) is 6.07 Å². The van der Waals surface area contributed by atoms with Gasteiger partial charge in [-0.1, -0.05) is 42.5 Å². The number of hydrogen-bond acceptors (Lipinski definition) is 4. The number of carbonyl (C=O) groups excluding carboxylic acids is 1. The zero-order valence-electron chi connectivity index (χ0n) is 13.6. The number of benzene rings is 2. The van der Waals surface area contributed by atoms with Crippen LogP contribution in [0.15, 0.2) is 60.7 Å². The summed E-state index contributed by atoms with van der Waals surface area (Å²) in [4.78, 5) is 23.8. The molecule has 0 spiro atoms.